The second-order valence-electron chi connectivity index (χ2n) is 4.44. The van der Waals surface area contributed by atoms with Gasteiger partial charge in [-0.2, -0.15) is 10.1 Å². The minimum atomic E-state index is 0.304. The number of aromatic nitrogens is 3. The van der Waals surface area contributed by atoms with E-state index in [0.29, 0.717) is 17.8 Å². The maximum atomic E-state index is 5.29. The zero-order valence-electron chi connectivity index (χ0n) is 11.9. The number of nitrogens with zero attached hydrogens (tertiary/aromatic N) is 3. The van der Waals surface area contributed by atoms with Crippen LogP contribution in [0.1, 0.15) is 20.3 Å². The summed E-state index contributed by atoms with van der Waals surface area (Å²) < 4.78 is 5.29. The monoisotopic (exact) mass is 273 g/mol. The highest BCUT2D eigenvalue weighted by atomic mass is 16.5. The number of rotatable bonds is 6. The molecule has 0 aliphatic heterocycles. The van der Waals surface area contributed by atoms with E-state index in [1.165, 1.54) is 0 Å². The van der Waals surface area contributed by atoms with Gasteiger partial charge in [-0.05, 0) is 25.5 Å². The van der Waals surface area contributed by atoms with Gasteiger partial charge in [-0.3, -0.25) is 0 Å². The normalized spacial score (nSPS) is 11.8. The Morgan fingerprint density at radius 2 is 2.10 bits per heavy atom. The van der Waals surface area contributed by atoms with Crippen LogP contribution in [0.4, 0.5) is 17.5 Å². The average Bonchev–Trinajstić information content (AvgIpc) is 2.48. The van der Waals surface area contributed by atoms with Crippen LogP contribution >= 0.6 is 0 Å². The molecule has 6 nitrogen and oxygen atoms in total. The third-order valence-corrected chi connectivity index (χ3v) is 2.92. The lowest BCUT2D eigenvalue weighted by atomic mass is 10.3. The first-order valence-corrected chi connectivity index (χ1v) is 6.59. The number of anilines is 3. The molecule has 1 heterocycles. The predicted octanol–water partition coefficient (Wildman–Crippen LogP) is 2.83. The molecule has 1 unspecified atom stereocenters. The van der Waals surface area contributed by atoms with Gasteiger partial charge in [-0.25, -0.2) is 0 Å². The first-order chi connectivity index (χ1) is 9.72. The number of benzene rings is 1. The van der Waals surface area contributed by atoms with Gasteiger partial charge >= 0.3 is 0 Å². The minimum absolute atomic E-state index is 0.304. The van der Waals surface area contributed by atoms with Gasteiger partial charge in [0.05, 0.1) is 19.0 Å². The van der Waals surface area contributed by atoms with Crippen LogP contribution in [0.15, 0.2) is 30.5 Å². The molecule has 2 aromatic rings. The Morgan fingerprint density at radius 1 is 1.30 bits per heavy atom. The van der Waals surface area contributed by atoms with E-state index in [0.717, 1.165) is 17.9 Å². The lowest BCUT2D eigenvalue weighted by Gasteiger charge is -2.12. The van der Waals surface area contributed by atoms with Gasteiger partial charge in [-0.1, -0.05) is 19.1 Å². The van der Waals surface area contributed by atoms with Crippen molar-refractivity contribution >= 4 is 17.5 Å². The first kappa shape index (κ1) is 14.0. The van der Waals surface area contributed by atoms with Crippen LogP contribution in [0.5, 0.6) is 5.75 Å². The van der Waals surface area contributed by atoms with Crippen LogP contribution in [0, 0.1) is 0 Å². The number of nitrogens with one attached hydrogen (secondary N) is 2. The van der Waals surface area contributed by atoms with Gasteiger partial charge in [0.1, 0.15) is 5.75 Å². The molecule has 20 heavy (non-hydrogen) atoms. The second kappa shape index (κ2) is 6.70. The van der Waals surface area contributed by atoms with Gasteiger partial charge in [0.2, 0.25) is 5.95 Å². The Bertz CT molecular complexity index is 561. The fourth-order valence-electron chi connectivity index (χ4n) is 1.63. The number of hydrogen-bond donors (Lipinski definition) is 2. The summed E-state index contributed by atoms with van der Waals surface area (Å²) in [6.45, 7) is 4.17. The van der Waals surface area contributed by atoms with Crippen molar-refractivity contribution in [3.63, 3.8) is 0 Å². The van der Waals surface area contributed by atoms with Gasteiger partial charge in [0.15, 0.2) is 5.82 Å². The number of hydrogen-bond acceptors (Lipinski definition) is 6. The van der Waals surface area contributed by atoms with Gasteiger partial charge in [0, 0.05) is 6.04 Å². The molecular weight excluding hydrogens is 254 g/mol. The summed E-state index contributed by atoms with van der Waals surface area (Å²) >= 11 is 0. The molecule has 0 radical (unpaired) electrons. The summed E-state index contributed by atoms with van der Waals surface area (Å²) in [5.41, 5.74) is 0.838. The summed E-state index contributed by atoms with van der Waals surface area (Å²) in [5, 5.41) is 14.3. The van der Waals surface area contributed by atoms with Crippen molar-refractivity contribution in [3.05, 3.63) is 30.5 Å². The Morgan fingerprint density at radius 3 is 2.85 bits per heavy atom. The Balaban J connectivity index is 2.15. The van der Waals surface area contributed by atoms with Gasteiger partial charge < -0.3 is 15.4 Å². The predicted molar refractivity (Wildman–Crippen MR) is 79.5 cm³/mol. The SMILES string of the molecule is CCC(C)Nc1nncc(Nc2ccccc2OC)n1. The number of methoxy groups -OCH3 is 1. The minimum Gasteiger partial charge on any atom is -0.495 e. The molecule has 2 rings (SSSR count). The molecule has 0 amide bonds. The molecule has 0 aliphatic rings. The maximum Gasteiger partial charge on any atom is 0.244 e. The number of ether oxygens (including phenoxy) is 1. The van der Waals surface area contributed by atoms with E-state index in [-0.39, 0.29) is 0 Å². The quantitative estimate of drug-likeness (QED) is 0.843. The van der Waals surface area contributed by atoms with Crippen molar-refractivity contribution in [2.45, 2.75) is 26.3 Å². The number of para-hydroxylation sites is 2. The van der Waals surface area contributed by atoms with Crippen LogP contribution in [-0.4, -0.2) is 28.3 Å². The van der Waals surface area contributed by atoms with Crippen LogP contribution in [-0.2, 0) is 0 Å². The molecule has 0 aliphatic carbocycles. The van der Waals surface area contributed by atoms with Crippen molar-refractivity contribution in [1.82, 2.24) is 15.2 Å². The smallest absolute Gasteiger partial charge is 0.244 e. The molecule has 2 N–H and O–H groups in total. The van der Waals surface area contributed by atoms with Crippen LogP contribution in [0.2, 0.25) is 0 Å². The third-order valence-electron chi connectivity index (χ3n) is 2.92. The fourth-order valence-corrected chi connectivity index (χ4v) is 1.63. The summed E-state index contributed by atoms with van der Waals surface area (Å²) in [6, 6.07) is 7.95. The van der Waals surface area contributed by atoms with Crippen LogP contribution < -0.4 is 15.4 Å². The topological polar surface area (TPSA) is 72.0 Å². The molecule has 0 bridgehead atoms. The molecule has 106 valence electrons. The summed E-state index contributed by atoms with van der Waals surface area (Å²) in [5.74, 6) is 1.89. The van der Waals surface area contributed by atoms with Crippen molar-refractivity contribution in [2.75, 3.05) is 17.7 Å². The molecule has 1 aromatic carbocycles. The molecule has 0 spiro atoms. The van der Waals surface area contributed by atoms with E-state index in [1.807, 2.05) is 24.3 Å². The molecular formula is C14H19N5O. The van der Waals surface area contributed by atoms with E-state index in [9.17, 15) is 0 Å². The highest BCUT2D eigenvalue weighted by Gasteiger charge is 2.06. The van der Waals surface area contributed by atoms with Crippen molar-refractivity contribution in [3.8, 4) is 5.75 Å². The molecule has 0 saturated carbocycles. The zero-order chi connectivity index (χ0) is 14.4. The van der Waals surface area contributed by atoms with E-state index in [2.05, 4.69) is 39.7 Å². The van der Waals surface area contributed by atoms with Gasteiger partial charge in [0.25, 0.3) is 0 Å². The van der Waals surface area contributed by atoms with Crippen molar-refractivity contribution in [2.24, 2.45) is 0 Å². The largest absolute Gasteiger partial charge is 0.495 e. The lowest BCUT2D eigenvalue weighted by molar-refractivity contribution is 0.417. The highest BCUT2D eigenvalue weighted by Crippen LogP contribution is 2.25. The molecule has 0 fully saturated rings. The summed E-state index contributed by atoms with van der Waals surface area (Å²) in [4.78, 5) is 4.38. The van der Waals surface area contributed by atoms with Crippen molar-refractivity contribution < 1.29 is 4.74 Å². The Labute approximate surface area is 118 Å². The van der Waals surface area contributed by atoms with Crippen LogP contribution in [0.3, 0.4) is 0 Å². The lowest BCUT2D eigenvalue weighted by Crippen LogP contribution is -2.16. The average molecular weight is 273 g/mol. The molecule has 1 aromatic heterocycles. The van der Waals surface area contributed by atoms with E-state index < -0.39 is 0 Å². The van der Waals surface area contributed by atoms with Gasteiger partial charge in [-0.15, -0.1) is 5.10 Å². The summed E-state index contributed by atoms with van der Waals surface area (Å²) in [7, 11) is 1.63. The third kappa shape index (κ3) is 3.57. The summed E-state index contributed by atoms with van der Waals surface area (Å²) in [6.07, 6.45) is 2.57. The van der Waals surface area contributed by atoms with Crippen LogP contribution in [0.25, 0.3) is 0 Å². The first-order valence-electron chi connectivity index (χ1n) is 6.59. The van der Waals surface area contributed by atoms with E-state index >= 15 is 0 Å². The van der Waals surface area contributed by atoms with E-state index in [4.69, 9.17) is 4.74 Å². The van der Waals surface area contributed by atoms with Crippen molar-refractivity contribution in [1.29, 1.82) is 0 Å². The fraction of sp³-hybridized carbons (Fsp3) is 0.357. The zero-order valence-corrected chi connectivity index (χ0v) is 11.9. The second-order valence-corrected chi connectivity index (χ2v) is 4.44. The molecule has 0 saturated heterocycles. The Hall–Kier alpha value is -2.37. The van der Waals surface area contributed by atoms with E-state index in [1.54, 1.807) is 13.3 Å². The Kier molecular flexibility index (Phi) is 4.70. The molecule has 1 atom stereocenters. The standard InChI is InChI=1S/C14H19N5O/c1-4-10(2)16-14-18-13(9-15-19-14)17-11-7-5-6-8-12(11)20-3/h5-10H,4H2,1-3H3,(H2,16,17,18,19). The highest BCUT2D eigenvalue weighted by molar-refractivity contribution is 5.63. The maximum absolute atomic E-state index is 5.29. The molecule has 6 heteroatoms.